The second-order valence-corrected chi connectivity index (χ2v) is 6.53. The van der Waals surface area contributed by atoms with Gasteiger partial charge in [-0.05, 0) is 39.7 Å². The topological polar surface area (TPSA) is 0 Å². The van der Waals surface area contributed by atoms with Crippen molar-refractivity contribution in [2.75, 3.05) is 0 Å². The number of benzene rings is 2. The summed E-state index contributed by atoms with van der Waals surface area (Å²) in [5.41, 5.74) is -8.30. The van der Waals surface area contributed by atoms with Crippen molar-refractivity contribution >= 4 is 31.9 Å². The monoisotopic (exact) mass is 495 g/mol. The summed E-state index contributed by atoms with van der Waals surface area (Å²) >= 11 is 5.51. The van der Waals surface area contributed by atoms with E-state index in [0.717, 1.165) is 24.3 Å². The normalized spacial score (nSPS) is 13.2. The van der Waals surface area contributed by atoms with Crippen LogP contribution in [0.5, 0.6) is 0 Å². The smallest absolute Gasteiger partial charge is 0.218 e. The van der Waals surface area contributed by atoms with Crippen molar-refractivity contribution in [2.45, 2.75) is 18.0 Å². The molecular weight excluding hydrogens is 492 g/mol. The molecule has 0 aliphatic heterocycles. The summed E-state index contributed by atoms with van der Waals surface area (Å²) in [6.07, 6.45) is -12.6. The van der Waals surface area contributed by atoms with E-state index in [-0.39, 0.29) is 14.5 Å². The molecule has 2 rings (SSSR count). The highest BCUT2D eigenvalue weighted by atomic mass is 79.9. The average Bonchev–Trinajstić information content (AvgIpc) is 2.44. The maximum Gasteiger partial charge on any atom is 0.435 e. The number of rotatable bonds is 2. The first-order valence-corrected chi connectivity index (χ1v) is 7.87. The zero-order chi connectivity index (χ0) is 19.2. The summed E-state index contributed by atoms with van der Waals surface area (Å²) in [7, 11) is 0. The minimum Gasteiger partial charge on any atom is -0.218 e. The molecule has 0 spiro atoms. The van der Waals surface area contributed by atoms with E-state index in [2.05, 4.69) is 37.9 Å². The predicted octanol–water partition coefficient (Wildman–Crippen LogP) is 7.11. The summed E-state index contributed by atoms with van der Waals surface area (Å²) in [6, 6.07) is 6.29. The van der Waals surface area contributed by atoms with Gasteiger partial charge in [0.15, 0.2) is 0 Å². The largest absolute Gasteiger partial charge is 0.435 e. The van der Waals surface area contributed by atoms with Gasteiger partial charge in [0.05, 0.1) is 0 Å². The van der Waals surface area contributed by atoms with E-state index in [9.17, 15) is 35.1 Å². The van der Waals surface area contributed by atoms with E-state index in [1.807, 2.05) is 0 Å². The lowest BCUT2D eigenvalue weighted by molar-refractivity contribution is -0.348. The molecule has 0 amide bonds. The Hall–Kier alpha value is -1.16. The minimum atomic E-state index is -6.28. The lowest BCUT2D eigenvalue weighted by Gasteiger charge is -2.32. The van der Waals surface area contributed by atoms with Crippen LogP contribution in [0.3, 0.4) is 0 Å². The number of alkyl halides is 7. The van der Waals surface area contributed by atoms with E-state index in [4.69, 9.17) is 0 Å². The van der Waals surface area contributed by atoms with Crippen molar-refractivity contribution in [3.63, 3.8) is 0 Å². The summed E-state index contributed by atoms with van der Waals surface area (Å²) in [5, 5.41) is 0. The highest BCUT2D eigenvalue weighted by Crippen LogP contribution is 2.56. The van der Waals surface area contributed by atoms with Crippen molar-refractivity contribution < 1.29 is 35.1 Å². The Morgan fingerprint density at radius 2 is 1.28 bits per heavy atom. The molecule has 0 bridgehead atoms. The van der Waals surface area contributed by atoms with Gasteiger partial charge in [-0.25, -0.2) is 8.78 Å². The molecule has 1 radical (unpaired) electrons. The zero-order valence-electron chi connectivity index (χ0n) is 11.7. The van der Waals surface area contributed by atoms with Gasteiger partial charge in [0, 0.05) is 26.1 Å². The van der Waals surface area contributed by atoms with Crippen LogP contribution in [0.15, 0.2) is 39.3 Å². The fraction of sp³-hybridized carbons (Fsp3) is 0.200. The highest BCUT2D eigenvalue weighted by Gasteiger charge is 2.74. The molecule has 2 aromatic carbocycles. The first-order chi connectivity index (χ1) is 11.3. The number of hydrogen-bond acceptors (Lipinski definition) is 0. The quantitative estimate of drug-likeness (QED) is 0.389. The van der Waals surface area contributed by atoms with E-state index >= 15 is 0 Å². The lowest BCUT2D eigenvalue weighted by atomic mass is 9.87. The molecule has 10 heteroatoms. The van der Waals surface area contributed by atoms with Gasteiger partial charge < -0.3 is 0 Å². The summed E-state index contributed by atoms with van der Waals surface area (Å²) in [5.74, 6) is -0.763. The number of hydrogen-bond donors (Lipinski definition) is 0. The van der Waals surface area contributed by atoms with Crippen LogP contribution in [0.1, 0.15) is 5.56 Å². The molecule has 0 nitrogen and oxygen atoms in total. The summed E-state index contributed by atoms with van der Waals surface area (Å²) in [4.78, 5) is 0. The van der Waals surface area contributed by atoms with Crippen LogP contribution < -0.4 is 0 Å². The molecule has 0 fully saturated rings. The van der Waals surface area contributed by atoms with Gasteiger partial charge in [-0.3, -0.25) is 0 Å². The third-order valence-electron chi connectivity index (χ3n) is 3.27. The van der Waals surface area contributed by atoms with Gasteiger partial charge in [0.25, 0.3) is 0 Å². The fourth-order valence-electron chi connectivity index (χ4n) is 2.16. The van der Waals surface area contributed by atoms with E-state index < -0.39 is 35.0 Å². The van der Waals surface area contributed by atoms with Gasteiger partial charge in [-0.1, -0.05) is 28.1 Å². The van der Waals surface area contributed by atoms with Crippen LogP contribution in [-0.2, 0) is 5.67 Å². The SMILES string of the molecule is Fc1ccc(-c2c(Br)[c]c(Br)cc2C(F)(C(F)(F)F)C(F)(F)F)cc1. The van der Waals surface area contributed by atoms with Crippen LogP contribution in [0.25, 0.3) is 11.1 Å². The molecule has 2 aromatic rings. The summed E-state index contributed by atoms with van der Waals surface area (Å²) in [6.45, 7) is 0. The van der Waals surface area contributed by atoms with Crippen molar-refractivity contribution in [2.24, 2.45) is 0 Å². The van der Waals surface area contributed by atoms with Crippen LogP contribution in [0.4, 0.5) is 35.1 Å². The van der Waals surface area contributed by atoms with Gasteiger partial charge in [-0.2, -0.15) is 26.3 Å². The molecule has 0 aliphatic rings. The van der Waals surface area contributed by atoms with Crippen LogP contribution >= 0.6 is 31.9 Å². The lowest BCUT2D eigenvalue weighted by Crippen LogP contribution is -2.50. The third-order valence-corrected chi connectivity index (χ3v) is 4.30. The maximum atomic E-state index is 14.5. The standard InChI is InChI=1S/C15H5Br2F8/c16-8-5-10(13(19,14(20,21)22)15(23,24)25)12(11(17)6-8)7-1-3-9(18)4-2-7/h1-5H. The molecule has 0 heterocycles. The predicted molar refractivity (Wildman–Crippen MR) is 81.0 cm³/mol. The second kappa shape index (κ2) is 6.53. The maximum absolute atomic E-state index is 14.5. The fourth-order valence-corrected chi connectivity index (χ4v) is 3.51. The molecule has 0 aromatic heterocycles. The van der Waals surface area contributed by atoms with Crippen molar-refractivity contribution in [1.82, 2.24) is 0 Å². The van der Waals surface area contributed by atoms with Gasteiger partial charge in [0.1, 0.15) is 5.82 Å². The van der Waals surface area contributed by atoms with Crippen LogP contribution in [0.2, 0.25) is 0 Å². The molecule has 0 aliphatic carbocycles. The van der Waals surface area contributed by atoms with E-state index in [0.29, 0.717) is 6.07 Å². The van der Waals surface area contributed by atoms with Crippen molar-refractivity contribution in [1.29, 1.82) is 0 Å². The third kappa shape index (κ3) is 3.55. The van der Waals surface area contributed by atoms with E-state index in [1.54, 1.807) is 0 Å². The first-order valence-electron chi connectivity index (χ1n) is 6.29. The van der Waals surface area contributed by atoms with Gasteiger partial charge >= 0.3 is 18.0 Å². The van der Waals surface area contributed by atoms with Crippen LogP contribution in [0, 0.1) is 11.9 Å². The zero-order valence-corrected chi connectivity index (χ0v) is 14.8. The number of halogens is 10. The second-order valence-electron chi connectivity index (χ2n) is 4.88. The Labute approximate surface area is 153 Å². The van der Waals surface area contributed by atoms with Gasteiger partial charge in [0.2, 0.25) is 0 Å². The molecule has 25 heavy (non-hydrogen) atoms. The Bertz CT molecular complexity index is 764. The van der Waals surface area contributed by atoms with Crippen LogP contribution in [-0.4, -0.2) is 12.4 Å². The molecule has 0 saturated carbocycles. The Morgan fingerprint density at radius 1 is 0.800 bits per heavy atom. The Balaban J connectivity index is 2.91. The van der Waals surface area contributed by atoms with Crippen molar-refractivity contribution in [3.8, 4) is 11.1 Å². The molecule has 0 atom stereocenters. The van der Waals surface area contributed by atoms with Gasteiger partial charge in [-0.15, -0.1) is 0 Å². The molecule has 0 unspecified atom stereocenters. The first kappa shape index (κ1) is 20.2. The summed E-state index contributed by atoms with van der Waals surface area (Å²) < 4.78 is 106. The molecular formula is C15H5Br2F8. The molecule has 0 N–H and O–H groups in total. The van der Waals surface area contributed by atoms with E-state index in [1.165, 1.54) is 0 Å². The average molecular weight is 497 g/mol. The minimum absolute atomic E-state index is 0.248. The molecule has 0 saturated heterocycles. The Morgan fingerprint density at radius 3 is 1.72 bits per heavy atom. The molecule has 135 valence electrons. The van der Waals surface area contributed by atoms with Crippen molar-refractivity contribution in [3.05, 3.63) is 56.7 Å². The Kier molecular flexibility index (Phi) is 5.27. The highest BCUT2D eigenvalue weighted by molar-refractivity contribution is 9.11.